The summed E-state index contributed by atoms with van der Waals surface area (Å²) in [7, 11) is 1.64. The van der Waals surface area contributed by atoms with Crippen LogP contribution in [0.3, 0.4) is 0 Å². The lowest BCUT2D eigenvalue weighted by Crippen LogP contribution is -2.29. The van der Waals surface area contributed by atoms with Gasteiger partial charge in [0.2, 0.25) is 5.91 Å². The number of methoxy groups -OCH3 is 1. The van der Waals surface area contributed by atoms with E-state index in [0.717, 1.165) is 33.3 Å². The Morgan fingerprint density at radius 1 is 1.14 bits per heavy atom. The number of para-hydroxylation sites is 1. The molecule has 0 radical (unpaired) electrons. The van der Waals surface area contributed by atoms with Crippen molar-refractivity contribution in [1.29, 1.82) is 0 Å². The largest absolute Gasteiger partial charge is 0.497 e. The van der Waals surface area contributed by atoms with Crippen molar-refractivity contribution < 1.29 is 9.53 Å². The second-order valence-corrected chi connectivity index (χ2v) is 7.05. The number of nitrogens with zero attached hydrogens (tertiary/aromatic N) is 5. The van der Waals surface area contributed by atoms with Crippen LogP contribution in [0, 0.1) is 6.92 Å². The molecule has 0 aliphatic heterocycles. The molecule has 0 atom stereocenters. The third kappa shape index (κ3) is 3.63. The van der Waals surface area contributed by atoms with Gasteiger partial charge in [-0.2, -0.15) is 4.52 Å². The summed E-state index contributed by atoms with van der Waals surface area (Å²) in [5.41, 5.74) is 4.73. The molecule has 0 bridgehead atoms. The number of rotatable bonds is 6. The Kier molecular flexibility index (Phi) is 5.12. The van der Waals surface area contributed by atoms with Gasteiger partial charge in [-0.15, -0.1) is 5.10 Å². The average Bonchev–Trinajstić information content (AvgIpc) is 3.23. The van der Waals surface area contributed by atoms with Crippen molar-refractivity contribution >= 4 is 22.5 Å². The number of amides is 1. The fourth-order valence-electron chi connectivity index (χ4n) is 3.61. The number of pyridine rings is 1. The zero-order chi connectivity index (χ0) is 20.4. The average molecular weight is 389 g/mol. The summed E-state index contributed by atoms with van der Waals surface area (Å²) in [6.45, 7) is 4.86. The number of tetrazole rings is 1. The first-order valence-electron chi connectivity index (χ1n) is 9.60. The summed E-state index contributed by atoms with van der Waals surface area (Å²) in [6.07, 6.45) is 0.435. The molecule has 0 saturated heterocycles. The summed E-state index contributed by atoms with van der Waals surface area (Å²) >= 11 is 0. The first-order valence-corrected chi connectivity index (χ1v) is 9.60. The van der Waals surface area contributed by atoms with Gasteiger partial charge < -0.3 is 9.64 Å². The van der Waals surface area contributed by atoms with Crippen molar-refractivity contribution in [2.24, 2.45) is 0 Å². The molecule has 1 amide bonds. The minimum atomic E-state index is 0.0794. The molecule has 0 fully saturated rings. The maximum Gasteiger partial charge on any atom is 0.222 e. The first-order chi connectivity index (χ1) is 14.1. The number of carbonyl (C=O) groups is 1. The van der Waals surface area contributed by atoms with Crippen LogP contribution in [0.5, 0.6) is 5.75 Å². The topological polar surface area (TPSA) is 72.6 Å². The maximum atomic E-state index is 12.7. The van der Waals surface area contributed by atoms with Crippen molar-refractivity contribution in [2.45, 2.75) is 33.4 Å². The van der Waals surface area contributed by atoms with Crippen LogP contribution >= 0.6 is 0 Å². The van der Waals surface area contributed by atoms with Crippen LogP contribution in [0.2, 0.25) is 0 Å². The fourth-order valence-corrected chi connectivity index (χ4v) is 3.61. The number of benzene rings is 2. The summed E-state index contributed by atoms with van der Waals surface area (Å²) in [6, 6.07) is 16.0. The molecule has 0 aliphatic rings. The lowest BCUT2D eigenvalue weighted by Gasteiger charge is -2.23. The number of fused-ring (bicyclic) bond motifs is 3. The predicted molar refractivity (Wildman–Crippen MR) is 111 cm³/mol. The number of carbonyl (C=O) groups excluding carboxylic acids is 1. The monoisotopic (exact) mass is 389 g/mol. The Labute approximate surface area is 168 Å². The second kappa shape index (κ2) is 7.87. The van der Waals surface area contributed by atoms with Crippen molar-refractivity contribution in [3.8, 4) is 5.75 Å². The second-order valence-electron chi connectivity index (χ2n) is 7.05. The number of hydrogen-bond acceptors (Lipinski definition) is 5. The maximum absolute atomic E-state index is 12.7. The number of aryl methyl sites for hydroxylation is 1. The molecule has 2 heterocycles. The third-order valence-corrected chi connectivity index (χ3v) is 5.12. The molecule has 29 heavy (non-hydrogen) atoms. The van der Waals surface area contributed by atoms with E-state index in [4.69, 9.17) is 4.74 Å². The molecule has 0 saturated carbocycles. The summed E-state index contributed by atoms with van der Waals surface area (Å²) < 4.78 is 6.99. The standard InChI is InChI=1S/C22H23N5O2/c1-4-20(28)26(13-16-8-10-19(29-3)11-9-16)14-18-12-17-7-5-6-15(2)21(17)27-22(18)23-24-25-27/h5-12H,4,13-14H2,1-3H3. The van der Waals surface area contributed by atoms with Gasteiger partial charge in [-0.25, -0.2) is 0 Å². The highest BCUT2D eigenvalue weighted by Crippen LogP contribution is 2.24. The van der Waals surface area contributed by atoms with Crippen molar-refractivity contribution in [3.63, 3.8) is 0 Å². The van der Waals surface area contributed by atoms with Crippen LogP contribution in [0.25, 0.3) is 16.6 Å². The molecule has 0 N–H and O–H groups in total. The lowest BCUT2D eigenvalue weighted by molar-refractivity contribution is -0.132. The van der Waals surface area contributed by atoms with E-state index in [1.165, 1.54) is 0 Å². The minimum Gasteiger partial charge on any atom is -0.497 e. The van der Waals surface area contributed by atoms with Gasteiger partial charge in [0, 0.05) is 30.5 Å². The van der Waals surface area contributed by atoms with Crippen molar-refractivity contribution in [2.75, 3.05) is 7.11 Å². The molecule has 2 aromatic carbocycles. The third-order valence-electron chi connectivity index (χ3n) is 5.12. The molecular weight excluding hydrogens is 366 g/mol. The van der Waals surface area contributed by atoms with Crippen molar-refractivity contribution in [3.05, 3.63) is 65.2 Å². The Balaban J connectivity index is 1.72. The molecule has 2 aromatic heterocycles. The van der Waals surface area contributed by atoms with E-state index in [9.17, 15) is 4.79 Å². The SMILES string of the molecule is CCC(=O)N(Cc1ccc(OC)cc1)Cc1cc2cccc(C)c2n2nnnc12. The predicted octanol–water partition coefficient (Wildman–Crippen LogP) is 3.53. The summed E-state index contributed by atoms with van der Waals surface area (Å²) in [5, 5.41) is 13.3. The lowest BCUT2D eigenvalue weighted by atomic mass is 10.1. The van der Waals surface area contributed by atoms with Crippen LogP contribution in [0.4, 0.5) is 0 Å². The molecule has 0 unspecified atom stereocenters. The molecule has 0 spiro atoms. The van der Waals surface area contributed by atoms with E-state index < -0.39 is 0 Å². The zero-order valence-electron chi connectivity index (χ0n) is 16.8. The number of ether oxygens (including phenoxy) is 1. The van der Waals surface area contributed by atoms with Gasteiger partial charge in [0.05, 0.1) is 12.6 Å². The van der Waals surface area contributed by atoms with E-state index in [1.807, 2.05) is 61.2 Å². The highest BCUT2D eigenvalue weighted by molar-refractivity contribution is 5.86. The Bertz CT molecular complexity index is 1170. The molecule has 7 heteroatoms. The Morgan fingerprint density at radius 2 is 1.93 bits per heavy atom. The highest BCUT2D eigenvalue weighted by atomic mass is 16.5. The van der Waals surface area contributed by atoms with Gasteiger partial charge in [0.1, 0.15) is 5.75 Å². The first kappa shape index (κ1) is 18.9. The van der Waals surface area contributed by atoms with Crippen LogP contribution in [0.15, 0.2) is 48.5 Å². The Morgan fingerprint density at radius 3 is 2.66 bits per heavy atom. The van der Waals surface area contributed by atoms with Gasteiger partial charge in [-0.05, 0) is 46.7 Å². The van der Waals surface area contributed by atoms with Crippen molar-refractivity contribution in [1.82, 2.24) is 24.9 Å². The van der Waals surface area contributed by atoms with Gasteiger partial charge in [0.15, 0.2) is 5.65 Å². The van der Waals surface area contributed by atoms with E-state index in [0.29, 0.717) is 25.2 Å². The normalized spacial score (nSPS) is 11.1. The van der Waals surface area contributed by atoms with Gasteiger partial charge >= 0.3 is 0 Å². The molecule has 4 rings (SSSR count). The highest BCUT2D eigenvalue weighted by Gasteiger charge is 2.18. The number of hydrogen-bond donors (Lipinski definition) is 0. The summed E-state index contributed by atoms with van der Waals surface area (Å²) in [5.74, 6) is 0.874. The van der Waals surface area contributed by atoms with E-state index in [1.54, 1.807) is 11.6 Å². The minimum absolute atomic E-state index is 0.0794. The van der Waals surface area contributed by atoms with Gasteiger partial charge in [-0.1, -0.05) is 37.3 Å². The smallest absolute Gasteiger partial charge is 0.222 e. The number of aromatic nitrogens is 4. The Hall–Kier alpha value is -3.48. The van der Waals surface area contributed by atoms with Crippen LogP contribution in [-0.4, -0.2) is 38.0 Å². The van der Waals surface area contributed by atoms with E-state index in [-0.39, 0.29) is 5.91 Å². The molecule has 148 valence electrons. The molecule has 0 aliphatic carbocycles. The van der Waals surface area contributed by atoms with E-state index in [2.05, 4.69) is 21.6 Å². The fraction of sp³-hybridized carbons (Fsp3) is 0.273. The molecular formula is C22H23N5O2. The molecule has 7 nitrogen and oxygen atoms in total. The van der Waals surface area contributed by atoms with Crippen LogP contribution < -0.4 is 4.74 Å². The zero-order valence-corrected chi connectivity index (χ0v) is 16.8. The quantitative estimate of drug-likeness (QED) is 0.504. The molecule has 4 aromatic rings. The summed E-state index contributed by atoms with van der Waals surface area (Å²) in [4.78, 5) is 14.5. The van der Waals surface area contributed by atoms with Gasteiger partial charge in [-0.3, -0.25) is 4.79 Å². The van der Waals surface area contributed by atoms with Crippen LogP contribution in [0.1, 0.15) is 30.0 Å². The van der Waals surface area contributed by atoms with E-state index >= 15 is 0 Å². The van der Waals surface area contributed by atoms with Gasteiger partial charge in [0.25, 0.3) is 0 Å². The van der Waals surface area contributed by atoms with Crippen LogP contribution in [-0.2, 0) is 17.9 Å².